The van der Waals surface area contributed by atoms with Gasteiger partial charge < -0.3 is 19.7 Å². The smallest absolute Gasteiger partial charge is 0.317 e. The lowest BCUT2D eigenvalue weighted by Crippen LogP contribution is -2.39. The summed E-state index contributed by atoms with van der Waals surface area (Å²) in [6.45, 7) is 3.55. The Hall–Kier alpha value is -2.12. The summed E-state index contributed by atoms with van der Waals surface area (Å²) in [4.78, 5) is 27.7. The Bertz CT molecular complexity index is 614. The lowest BCUT2D eigenvalue weighted by atomic mass is 10.2. The molecule has 3 amide bonds. The maximum atomic E-state index is 12.2. The third-order valence-corrected chi connectivity index (χ3v) is 4.96. The summed E-state index contributed by atoms with van der Waals surface area (Å²) in [5.41, 5.74) is 0. The summed E-state index contributed by atoms with van der Waals surface area (Å²) in [6, 6.07) is -0.113. The standard InChI is InChI=1S/C17H28N6O2/c1-21(13-15-20-19-14-7-5-12-23(14)15)17(25)18-9-6-11-22-10-4-2-3-8-16(22)24/h2-13H2,1H3,(H,18,25). The van der Waals surface area contributed by atoms with Gasteiger partial charge in [0.25, 0.3) is 0 Å². The Morgan fingerprint density at radius 2 is 2.04 bits per heavy atom. The zero-order valence-electron chi connectivity index (χ0n) is 15.0. The van der Waals surface area contributed by atoms with Crippen molar-refractivity contribution in [2.45, 2.75) is 58.0 Å². The third-order valence-electron chi connectivity index (χ3n) is 4.96. The number of hydrogen-bond donors (Lipinski definition) is 1. The number of carbonyl (C=O) groups is 2. The normalized spacial score (nSPS) is 17.3. The molecule has 138 valence electrons. The maximum Gasteiger partial charge on any atom is 0.317 e. The molecule has 8 nitrogen and oxygen atoms in total. The van der Waals surface area contributed by atoms with Gasteiger partial charge in [-0.15, -0.1) is 10.2 Å². The number of hydrogen-bond acceptors (Lipinski definition) is 4. The van der Waals surface area contributed by atoms with Gasteiger partial charge in [-0.2, -0.15) is 0 Å². The minimum absolute atomic E-state index is 0.113. The molecule has 25 heavy (non-hydrogen) atoms. The highest BCUT2D eigenvalue weighted by molar-refractivity contribution is 5.76. The Labute approximate surface area is 148 Å². The summed E-state index contributed by atoms with van der Waals surface area (Å²) in [5, 5.41) is 11.3. The number of urea groups is 1. The van der Waals surface area contributed by atoms with Crippen LogP contribution in [0.5, 0.6) is 0 Å². The molecule has 1 fully saturated rings. The number of nitrogens with zero attached hydrogens (tertiary/aromatic N) is 5. The van der Waals surface area contributed by atoms with Gasteiger partial charge in [0.1, 0.15) is 5.82 Å². The van der Waals surface area contributed by atoms with Crippen molar-refractivity contribution in [2.24, 2.45) is 0 Å². The molecule has 1 N–H and O–H groups in total. The molecular formula is C17H28N6O2. The lowest BCUT2D eigenvalue weighted by molar-refractivity contribution is -0.130. The van der Waals surface area contributed by atoms with Crippen LogP contribution in [-0.4, -0.2) is 63.2 Å². The van der Waals surface area contributed by atoms with Gasteiger partial charge >= 0.3 is 6.03 Å². The maximum absolute atomic E-state index is 12.2. The Morgan fingerprint density at radius 3 is 2.92 bits per heavy atom. The van der Waals surface area contributed by atoms with E-state index in [4.69, 9.17) is 0 Å². The van der Waals surface area contributed by atoms with Crippen molar-refractivity contribution in [2.75, 3.05) is 26.7 Å². The highest BCUT2D eigenvalue weighted by Crippen LogP contribution is 2.15. The minimum atomic E-state index is -0.113. The lowest BCUT2D eigenvalue weighted by Gasteiger charge is -2.21. The summed E-state index contributed by atoms with van der Waals surface area (Å²) >= 11 is 0. The van der Waals surface area contributed by atoms with E-state index in [0.717, 1.165) is 69.8 Å². The van der Waals surface area contributed by atoms with Crippen molar-refractivity contribution in [3.63, 3.8) is 0 Å². The van der Waals surface area contributed by atoms with Crippen molar-refractivity contribution < 1.29 is 9.59 Å². The average molecular weight is 348 g/mol. The molecule has 1 saturated heterocycles. The van der Waals surface area contributed by atoms with E-state index >= 15 is 0 Å². The Morgan fingerprint density at radius 1 is 1.16 bits per heavy atom. The first-order chi connectivity index (χ1) is 12.1. The van der Waals surface area contributed by atoms with Gasteiger partial charge in [0.2, 0.25) is 5.91 Å². The first-order valence-electron chi connectivity index (χ1n) is 9.33. The van der Waals surface area contributed by atoms with E-state index < -0.39 is 0 Å². The molecule has 0 atom stereocenters. The molecule has 0 aromatic carbocycles. The summed E-state index contributed by atoms with van der Waals surface area (Å²) in [5.74, 6) is 2.12. The number of carbonyl (C=O) groups excluding carboxylic acids is 2. The molecular weight excluding hydrogens is 320 g/mol. The zero-order valence-corrected chi connectivity index (χ0v) is 15.0. The van der Waals surface area contributed by atoms with Gasteiger partial charge in [0.15, 0.2) is 5.82 Å². The van der Waals surface area contributed by atoms with E-state index in [9.17, 15) is 9.59 Å². The molecule has 0 radical (unpaired) electrons. The molecule has 2 aliphatic rings. The molecule has 8 heteroatoms. The average Bonchev–Trinajstić information content (AvgIpc) is 3.15. The van der Waals surface area contributed by atoms with Crippen molar-refractivity contribution in [3.8, 4) is 0 Å². The van der Waals surface area contributed by atoms with Crippen molar-refractivity contribution >= 4 is 11.9 Å². The highest BCUT2D eigenvalue weighted by Gasteiger charge is 2.20. The van der Waals surface area contributed by atoms with Crippen LogP contribution in [0.25, 0.3) is 0 Å². The van der Waals surface area contributed by atoms with Crippen LogP contribution >= 0.6 is 0 Å². The van der Waals surface area contributed by atoms with Gasteiger partial charge in [-0.1, -0.05) is 6.42 Å². The number of fused-ring (bicyclic) bond motifs is 1. The number of likely N-dealkylation sites (tertiary alicyclic amines) is 1. The SMILES string of the molecule is CN(Cc1nnc2n1CCC2)C(=O)NCCCN1CCCCCC1=O. The molecule has 0 bridgehead atoms. The van der Waals surface area contributed by atoms with Crippen molar-refractivity contribution in [1.29, 1.82) is 0 Å². The number of aryl methyl sites for hydroxylation is 1. The molecule has 0 spiro atoms. The van der Waals surface area contributed by atoms with Crippen LogP contribution in [0.1, 0.15) is 50.2 Å². The van der Waals surface area contributed by atoms with E-state index in [1.165, 1.54) is 0 Å². The number of aromatic nitrogens is 3. The fourth-order valence-electron chi connectivity index (χ4n) is 3.49. The van der Waals surface area contributed by atoms with Crippen molar-refractivity contribution in [3.05, 3.63) is 11.6 Å². The predicted molar refractivity (Wildman–Crippen MR) is 92.9 cm³/mol. The van der Waals surface area contributed by atoms with Crippen LogP contribution in [-0.2, 0) is 24.3 Å². The molecule has 2 aliphatic heterocycles. The van der Waals surface area contributed by atoms with E-state index in [1.54, 1.807) is 11.9 Å². The van der Waals surface area contributed by atoms with Crippen LogP contribution in [0, 0.1) is 0 Å². The predicted octanol–water partition coefficient (Wildman–Crippen LogP) is 1.16. The summed E-state index contributed by atoms with van der Waals surface area (Å²) in [6.07, 6.45) is 6.74. The van der Waals surface area contributed by atoms with Gasteiger partial charge in [0.05, 0.1) is 6.54 Å². The second-order valence-electron chi connectivity index (χ2n) is 6.92. The topological polar surface area (TPSA) is 83.4 Å². The number of nitrogens with one attached hydrogen (secondary N) is 1. The van der Waals surface area contributed by atoms with Crippen LogP contribution in [0.15, 0.2) is 0 Å². The first-order valence-corrected chi connectivity index (χ1v) is 9.33. The minimum Gasteiger partial charge on any atom is -0.343 e. The molecule has 1 aromatic rings. The fourth-order valence-corrected chi connectivity index (χ4v) is 3.49. The van der Waals surface area contributed by atoms with Crippen molar-refractivity contribution in [1.82, 2.24) is 29.9 Å². The number of rotatable bonds is 6. The largest absolute Gasteiger partial charge is 0.343 e. The molecule has 3 rings (SSSR count). The van der Waals surface area contributed by atoms with E-state index in [1.807, 2.05) is 4.90 Å². The fraction of sp³-hybridized carbons (Fsp3) is 0.765. The molecule has 1 aromatic heterocycles. The van der Waals surface area contributed by atoms with Gasteiger partial charge in [-0.3, -0.25) is 4.79 Å². The van der Waals surface area contributed by atoms with E-state index in [-0.39, 0.29) is 11.9 Å². The van der Waals surface area contributed by atoms with Gasteiger partial charge in [-0.05, 0) is 25.7 Å². The Balaban J connectivity index is 1.37. The van der Waals surface area contributed by atoms with E-state index in [0.29, 0.717) is 19.5 Å². The number of amides is 3. The second kappa shape index (κ2) is 8.31. The van der Waals surface area contributed by atoms with Crippen LogP contribution < -0.4 is 5.32 Å². The molecule has 3 heterocycles. The highest BCUT2D eigenvalue weighted by atomic mass is 16.2. The van der Waals surface area contributed by atoms with Gasteiger partial charge in [0, 0.05) is 46.1 Å². The Kier molecular flexibility index (Phi) is 5.88. The molecule has 0 aliphatic carbocycles. The summed E-state index contributed by atoms with van der Waals surface area (Å²) in [7, 11) is 1.77. The third kappa shape index (κ3) is 4.49. The quantitative estimate of drug-likeness (QED) is 0.782. The summed E-state index contributed by atoms with van der Waals surface area (Å²) < 4.78 is 2.11. The van der Waals surface area contributed by atoms with Crippen LogP contribution in [0.4, 0.5) is 4.79 Å². The van der Waals surface area contributed by atoms with Crippen LogP contribution in [0.2, 0.25) is 0 Å². The van der Waals surface area contributed by atoms with E-state index in [2.05, 4.69) is 20.1 Å². The second-order valence-corrected chi connectivity index (χ2v) is 6.92. The van der Waals surface area contributed by atoms with Crippen LogP contribution in [0.3, 0.4) is 0 Å². The monoisotopic (exact) mass is 348 g/mol. The molecule has 0 saturated carbocycles. The molecule has 0 unspecified atom stereocenters. The first kappa shape index (κ1) is 17.7. The zero-order chi connectivity index (χ0) is 17.6. The van der Waals surface area contributed by atoms with Gasteiger partial charge in [-0.25, -0.2) is 4.79 Å².